The summed E-state index contributed by atoms with van der Waals surface area (Å²) < 4.78 is 0. The zero-order valence-electron chi connectivity index (χ0n) is 13.6. The summed E-state index contributed by atoms with van der Waals surface area (Å²) in [5.41, 5.74) is -0.536. The van der Waals surface area contributed by atoms with Crippen LogP contribution >= 0.6 is 0 Å². The zero-order valence-corrected chi connectivity index (χ0v) is 13.6. The van der Waals surface area contributed by atoms with Gasteiger partial charge in [0, 0.05) is 32.9 Å². The standard InChI is InChI=1S/C16H24N4O3/c1-3-18-15(22)12-5-6-13(19-10-12)20-8-4-7-16(23,11-20)9-14(21)17-2/h5-6,10,23H,3-4,7-9,11H2,1-2H3,(H,17,21)(H,18,22). The number of carbonyl (C=O) groups is 2. The minimum absolute atomic E-state index is 0.0803. The molecule has 0 spiro atoms. The van der Waals surface area contributed by atoms with Crippen LogP contribution < -0.4 is 15.5 Å². The Morgan fingerprint density at radius 2 is 2.22 bits per heavy atom. The van der Waals surface area contributed by atoms with Gasteiger partial charge >= 0.3 is 0 Å². The third-order valence-corrected chi connectivity index (χ3v) is 4.00. The van der Waals surface area contributed by atoms with Gasteiger partial charge in [-0.15, -0.1) is 0 Å². The SMILES string of the molecule is CCNC(=O)c1ccc(N2CCCC(O)(CC(=O)NC)C2)nc1. The van der Waals surface area contributed by atoms with Crippen LogP contribution in [0.3, 0.4) is 0 Å². The van der Waals surface area contributed by atoms with Gasteiger partial charge in [-0.1, -0.05) is 0 Å². The van der Waals surface area contributed by atoms with E-state index in [0.29, 0.717) is 30.9 Å². The molecule has 2 rings (SSSR count). The molecule has 0 aliphatic carbocycles. The van der Waals surface area contributed by atoms with Crippen molar-refractivity contribution in [2.75, 3.05) is 31.6 Å². The molecule has 1 atom stereocenters. The first kappa shape index (κ1) is 17.2. The maximum atomic E-state index is 11.7. The summed E-state index contributed by atoms with van der Waals surface area (Å²) in [6.07, 6.45) is 2.99. The lowest BCUT2D eigenvalue weighted by Crippen LogP contribution is -2.50. The number of anilines is 1. The Labute approximate surface area is 136 Å². The van der Waals surface area contributed by atoms with E-state index in [1.54, 1.807) is 19.2 Å². The van der Waals surface area contributed by atoms with Crippen molar-refractivity contribution in [2.45, 2.75) is 31.8 Å². The molecule has 3 N–H and O–H groups in total. The molecule has 1 saturated heterocycles. The second-order valence-corrected chi connectivity index (χ2v) is 5.86. The van der Waals surface area contributed by atoms with Gasteiger partial charge in [-0.2, -0.15) is 0 Å². The third kappa shape index (κ3) is 4.41. The number of β-amino-alcohol motifs (C(OH)–C–C–N with tert-alkyl or cyclic N) is 1. The highest BCUT2D eigenvalue weighted by Gasteiger charge is 2.35. The Morgan fingerprint density at radius 1 is 1.43 bits per heavy atom. The number of aromatic nitrogens is 1. The van der Waals surface area contributed by atoms with Gasteiger partial charge in [-0.25, -0.2) is 4.98 Å². The first-order chi connectivity index (χ1) is 11.0. The van der Waals surface area contributed by atoms with E-state index < -0.39 is 5.60 Å². The predicted octanol–water partition coefficient (Wildman–Crippen LogP) is 0.299. The molecule has 1 aromatic rings. The molecule has 1 aliphatic heterocycles. The highest BCUT2D eigenvalue weighted by atomic mass is 16.3. The summed E-state index contributed by atoms with van der Waals surface area (Å²) in [5.74, 6) is 0.378. The molecule has 23 heavy (non-hydrogen) atoms. The van der Waals surface area contributed by atoms with Crippen LogP contribution in [-0.4, -0.2) is 54.2 Å². The molecule has 0 saturated carbocycles. The summed E-state index contributed by atoms with van der Waals surface area (Å²) in [6, 6.07) is 3.50. The van der Waals surface area contributed by atoms with Crippen molar-refractivity contribution in [3.63, 3.8) is 0 Å². The minimum Gasteiger partial charge on any atom is -0.388 e. The summed E-state index contributed by atoms with van der Waals surface area (Å²) in [6.45, 7) is 3.55. The number of hydrogen-bond donors (Lipinski definition) is 3. The largest absolute Gasteiger partial charge is 0.388 e. The Balaban J connectivity index is 2.06. The van der Waals surface area contributed by atoms with E-state index >= 15 is 0 Å². The van der Waals surface area contributed by atoms with Crippen LogP contribution in [0, 0.1) is 0 Å². The molecule has 0 radical (unpaired) electrons. The van der Waals surface area contributed by atoms with Crippen molar-refractivity contribution >= 4 is 17.6 Å². The van der Waals surface area contributed by atoms with Gasteiger partial charge in [-0.05, 0) is 31.9 Å². The van der Waals surface area contributed by atoms with Crippen LogP contribution in [0.5, 0.6) is 0 Å². The van der Waals surface area contributed by atoms with Crippen molar-refractivity contribution in [1.29, 1.82) is 0 Å². The number of aliphatic hydroxyl groups is 1. The van der Waals surface area contributed by atoms with Crippen molar-refractivity contribution in [1.82, 2.24) is 15.6 Å². The molecule has 1 unspecified atom stereocenters. The van der Waals surface area contributed by atoms with E-state index in [0.717, 1.165) is 13.0 Å². The number of pyridine rings is 1. The van der Waals surface area contributed by atoms with Crippen LogP contribution in [0.25, 0.3) is 0 Å². The molecule has 2 heterocycles. The molecule has 2 amide bonds. The van der Waals surface area contributed by atoms with Crippen LogP contribution in [0.15, 0.2) is 18.3 Å². The van der Waals surface area contributed by atoms with Gasteiger partial charge in [0.05, 0.1) is 17.6 Å². The molecule has 1 aromatic heterocycles. The predicted molar refractivity (Wildman–Crippen MR) is 87.3 cm³/mol. The number of nitrogens with zero attached hydrogens (tertiary/aromatic N) is 2. The Bertz CT molecular complexity index is 561. The fraction of sp³-hybridized carbons (Fsp3) is 0.562. The lowest BCUT2D eigenvalue weighted by atomic mass is 9.89. The van der Waals surface area contributed by atoms with Gasteiger partial charge < -0.3 is 20.6 Å². The van der Waals surface area contributed by atoms with Crippen molar-refractivity contribution < 1.29 is 14.7 Å². The average Bonchev–Trinajstić information content (AvgIpc) is 2.54. The number of carbonyl (C=O) groups excluding carboxylic acids is 2. The number of amides is 2. The van der Waals surface area contributed by atoms with Crippen molar-refractivity contribution in [3.05, 3.63) is 23.9 Å². The van der Waals surface area contributed by atoms with E-state index in [1.807, 2.05) is 11.8 Å². The maximum absolute atomic E-state index is 11.7. The topological polar surface area (TPSA) is 94.6 Å². The lowest BCUT2D eigenvalue weighted by molar-refractivity contribution is -0.125. The van der Waals surface area contributed by atoms with Gasteiger partial charge in [0.25, 0.3) is 5.91 Å². The maximum Gasteiger partial charge on any atom is 0.252 e. The second-order valence-electron chi connectivity index (χ2n) is 5.86. The summed E-state index contributed by atoms with van der Waals surface area (Å²) in [4.78, 5) is 29.6. The zero-order chi connectivity index (χ0) is 16.9. The van der Waals surface area contributed by atoms with Crippen LogP contribution in [0.4, 0.5) is 5.82 Å². The highest BCUT2D eigenvalue weighted by molar-refractivity contribution is 5.94. The Morgan fingerprint density at radius 3 is 2.83 bits per heavy atom. The fourth-order valence-corrected chi connectivity index (χ4v) is 2.81. The van der Waals surface area contributed by atoms with Gasteiger partial charge in [0.15, 0.2) is 0 Å². The molecule has 1 aliphatic rings. The highest BCUT2D eigenvalue weighted by Crippen LogP contribution is 2.27. The van der Waals surface area contributed by atoms with E-state index in [-0.39, 0.29) is 18.2 Å². The van der Waals surface area contributed by atoms with E-state index in [4.69, 9.17) is 0 Å². The molecule has 0 bridgehead atoms. The lowest BCUT2D eigenvalue weighted by Gasteiger charge is -2.39. The summed E-state index contributed by atoms with van der Waals surface area (Å²) >= 11 is 0. The fourth-order valence-electron chi connectivity index (χ4n) is 2.81. The minimum atomic E-state index is -1.04. The van der Waals surface area contributed by atoms with E-state index in [2.05, 4.69) is 15.6 Å². The van der Waals surface area contributed by atoms with Gasteiger partial charge in [0.2, 0.25) is 5.91 Å². The number of nitrogens with one attached hydrogen (secondary N) is 2. The second kappa shape index (κ2) is 7.41. The normalized spacial score (nSPS) is 20.9. The Hall–Kier alpha value is -2.15. The number of rotatable bonds is 5. The van der Waals surface area contributed by atoms with Gasteiger partial charge in [-0.3, -0.25) is 9.59 Å². The summed E-state index contributed by atoms with van der Waals surface area (Å²) in [5, 5.41) is 15.9. The molecule has 126 valence electrons. The first-order valence-electron chi connectivity index (χ1n) is 7.89. The molecule has 0 aromatic carbocycles. The average molecular weight is 320 g/mol. The quantitative estimate of drug-likeness (QED) is 0.725. The molecule has 7 heteroatoms. The monoisotopic (exact) mass is 320 g/mol. The van der Waals surface area contributed by atoms with Crippen LogP contribution in [-0.2, 0) is 4.79 Å². The van der Waals surface area contributed by atoms with Crippen molar-refractivity contribution in [2.24, 2.45) is 0 Å². The van der Waals surface area contributed by atoms with Crippen molar-refractivity contribution in [3.8, 4) is 0 Å². The smallest absolute Gasteiger partial charge is 0.252 e. The van der Waals surface area contributed by atoms with Crippen LogP contribution in [0.1, 0.15) is 36.5 Å². The molecule has 1 fully saturated rings. The molecule has 7 nitrogen and oxygen atoms in total. The molecular formula is C16H24N4O3. The Kier molecular flexibility index (Phi) is 5.54. The molecular weight excluding hydrogens is 296 g/mol. The van der Waals surface area contributed by atoms with E-state index in [9.17, 15) is 14.7 Å². The summed E-state index contributed by atoms with van der Waals surface area (Å²) in [7, 11) is 1.56. The third-order valence-electron chi connectivity index (χ3n) is 4.00. The number of hydrogen-bond acceptors (Lipinski definition) is 5. The van der Waals surface area contributed by atoms with E-state index in [1.165, 1.54) is 6.20 Å². The number of piperidine rings is 1. The van der Waals surface area contributed by atoms with Gasteiger partial charge in [0.1, 0.15) is 5.82 Å². The van der Waals surface area contributed by atoms with Crippen LogP contribution in [0.2, 0.25) is 0 Å². The first-order valence-corrected chi connectivity index (χ1v) is 7.89.